The summed E-state index contributed by atoms with van der Waals surface area (Å²) in [6.07, 6.45) is -2.82. The number of halogens is 3. The fourth-order valence-electron chi connectivity index (χ4n) is 4.22. The summed E-state index contributed by atoms with van der Waals surface area (Å²) >= 11 is 0. The molecule has 0 aliphatic heterocycles. The highest BCUT2D eigenvalue weighted by Gasteiger charge is 2.43. The molecule has 2 aromatic heterocycles. The Balaban J connectivity index is 1.72. The second kappa shape index (κ2) is 6.94. The number of aldehydes is 1. The summed E-state index contributed by atoms with van der Waals surface area (Å²) in [7, 11) is 1.69. The number of hydrogen-bond donors (Lipinski definition) is 0. The Morgan fingerprint density at radius 2 is 1.84 bits per heavy atom. The summed E-state index contributed by atoms with van der Waals surface area (Å²) < 4.78 is 49.1. The van der Waals surface area contributed by atoms with Crippen molar-refractivity contribution in [2.24, 2.45) is 7.05 Å². The maximum atomic E-state index is 14.1. The van der Waals surface area contributed by atoms with Gasteiger partial charge in [0.1, 0.15) is 23.2 Å². The van der Waals surface area contributed by atoms with Gasteiger partial charge in [-0.15, -0.1) is 0 Å². The van der Waals surface area contributed by atoms with Gasteiger partial charge in [0.05, 0.1) is 5.69 Å². The van der Waals surface area contributed by atoms with Crippen molar-refractivity contribution in [2.45, 2.75) is 19.0 Å². The van der Waals surface area contributed by atoms with Crippen LogP contribution in [-0.4, -0.2) is 21.2 Å². The molecule has 2 aromatic carbocycles. The summed E-state index contributed by atoms with van der Waals surface area (Å²) in [4.78, 5) is 11.1. The average molecular weight is 423 g/mol. The van der Waals surface area contributed by atoms with E-state index in [0.29, 0.717) is 29.5 Å². The van der Waals surface area contributed by atoms with Crippen molar-refractivity contribution >= 4 is 6.29 Å². The molecule has 0 N–H and O–H groups in total. The van der Waals surface area contributed by atoms with Gasteiger partial charge < -0.3 is 4.52 Å². The fraction of sp³-hybridized carbons (Fsp3) is 0.174. The van der Waals surface area contributed by atoms with Crippen LogP contribution in [0.4, 0.5) is 13.2 Å². The zero-order chi connectivity index (χ0) is 21.8. The Bertz CT molecular complexity index is 1300. The zero-order valence-corrected chi connectivity index (χ0v) is 16.4. The van der Waals surface area contributed by atoms with Gasteiger partial charge in [-0.05, 0) is 24.5 Å². The molecule has 31 heavy (non-hydrogen) atoms. The molecule has 4 aromatic rings. The highest BCUT2D eigenvalue weighted by Crippen LogP contribution is 2.46. The molecule has 0 amide bonds. The van der Waals surface area contributed by atoms with Crippen molar-refractivity contribution in [3.63, 3.8) is 0 Å². The number of carbonyl (C=O) groups is 1. The van der Waals surface area contributed by atoms with Crippen molar-refractivity contribution in [3.8, 4) is 34.0 Å². The van der Waals surface area contributed by atoms with Crippen LogP contribution in [0, 0.1) is 0 Å². The standard InChI is InChI=1S/C23H16F3N3O2/c1-29-21-16-9-7-13(12-30)11-15(16)8-10-17(21)19(27-29)20-18(23(24,25)26)22(31-28-20)14-5-3-2-4-6-14/h2-7,9,11-12H,8,10H2,1H3. The molecule has 1 aliphatic rings. The van der Waals surface area contributed by atoms with Gasteiger partial charge in [-0.3, -0.25) is 9.48 Å². The van der Waals surface area contributed by atoms with Gasteiger partial charge >= 0.3 is 6.18 Å². The molecule has 0 bridgehead atoms. The van der Waals surface area contributed by atoms with Crippen LogP contribution < -0.4 is 0 Å². The lowest BCUT2D eigenvalue weighted by atomic mass is 9.87. The normalized spacial score (nSPS) is 13.0. The van der Waals surface area contributed by atoms with Crippen LogP contribution in [0.15, 0.2) is 53.1 Å². The number of alkyl halides is 3. The van der Waals surface area contributed by atoms with Crippen LogP contribution >= 0.6 is 0 Å². The first-order chi connectivity index (χ1) is 14.9. The summed E-state index contributed by atoms with van der Waals surface area (Å²) in [6.45, 7) is 0. The van der Waals surface area contributed by atoms with Crippen LogP contribution in [0.2, 0.25) is 0 Å². The number of hydrogen-bond acceptors (Lipinski definition) is 4. The van der Waals surface area contributed by atoms with Gasteiger partial charge in [-0.25, -0.2) is 0 Å². The van der Waals surface area contributed by atoms with Crippen LogP contribution in [0.3, 0.4) is 0 Å². The molecule has 0 spiro atoms. The van der Waals surface area contributed by atoms with Gasteiger partial charge in [0.25, 0.3) is 0 Å². The smallest absolute Gasteiger partial charge is 0.355 e. The number of nitrogens with zero attached hydrogens (tertiary/aromatic N) is 3. The number of fused-ring (bicyclic) bond motifs is 3. The molecular weight excluding hydrogens is 407 g/mol. The molecule has 156 valence electrons. The summed E-state index contributed by atoms with van der Waals surface area (Å²) in [5.74, 6) is -0.325. The van der Waals surface area contributed by atoms with Crippen molar-refractivity contribution in [1.29, 1.82) is 0 Å². The first-order valence-corrected chi connectivity index (χ1v) is 9.65. The maximum Gasteiger partial charge on any atom is 0.422 e. The van der Waals surface area contributed by atoms with Crippen LogP contribution in [0.5, 0.6) is 0 Å². The highest BCUT2D eigenvalue weighted by atomic mass is 19.4. The third-order valence-electron chi connectivity index (χ3n) is 5.55. The Hall–Kier alpha value is -3.68. The van der Waals surface area contributed by atoms with E-state index >= 15 is 0 Å². The molecule has 0 atom stereocenters. The van der Waals surface area contributed by atoms with E-state index in [1.165, 1.54) is 0 Å². The zero-order valence-electron chi connectivity index (χ0n) is 16.4. The van der Waals surface area contributed by atoms with E-state index in [9.17, 15) is 18.0 Å². The summed E-state index contributed by atoms with van der Waals surface area (Å²) in [5, 5.41) is 8.23. The lowest BCUT2D eigenvalue weighted by molar-refractivity contribution is -0.136. The van der Waals surface area contributed by atoms with Gasteiger partial charge in [-0.2, -0.15) is 18.3 Å². The van der Waals surface area contributed by atoms with E-state index in [1.54, 1.807) is 48.1 Å². The molecule has 2 heterocycles. The number of benzene rings is 2. The topological polar surface area (TPSA) is 60.9 Å². The van der Waals surface area contributed by atoms with Crippen molar-refractivity contribution in [2.75, 3.05) is 0 Å². The Kier molecular flexibility index (Phi) is 4.32. The average Bonchev–Trinajstić information content (AvgIpc) is 3.35. The summed E-state index contributed by atoms with van der Waals surface area (Å²) in [5.41, 5.74) is 3.02. The van der Waals surface area contributed by atoms with Crippen molar-refractivity contribution in [1.82, 2.24) is 14.9 Å². The predicted molar refractivity (Wildman–Crippen MR) is 107 cm³/mol. The van der Waals surface area contributed by atoms with Crippen molar-refractivity contribution in [3.05, 3.63) is 70.8 Å². The Morgan fingerprint density at radius 3 is 2.55 bits per heavy atom. The molecule has 1 aliphatic carbocycles. The second-order valence-corrected chi connectivity index (χ2v) is 7.43. The van der Waals surface area contributed by atoms with E-state index in [-0.39, 0.29) is 17.1 Å². The molecule has 0 fully saturated rings. The minimum Gasteiger partial charge on any atom is -0.355 e. The third-order valence-corrected chi connectivity index (χ3v) is 5.55. The molecule has 8 heteroatoms. The van der Waals surface area contributed by atoms with Gasteiger partial charge in [0.2, 0.25) is 0 Å². The quantitative estimate of drug-likeness (QED) is 0.418. The molecule has 0 unspecified atom stereocenters. The molecule has 0 radical (unpaired) electrons. The summed E-state index contributed by atoms with van der Waals surface area (Å²) in [6, 6.07) is 13.4. The monoisotopic (exact) mass is 423 g/mol. The van der Waals surface area contributed by atoms with E-state index in [1.807, 2.05) is 12.1 Å². The van der Waals surface area contributed by atoms with E-state index in [2.05, 4.69) is 10.3 Å². The van der Waals surface area contributed by atoms with Gasteiger partial charge in [0.15, 0.2) is 5.76 Å². The SMILES string of the molecule is Cn1nc(-c2noc(-c3ccccc3)c2C(F)(F)F)c2c1-c1ccc(C=O)cc1CC2. The van der Waals surface area contributed by atoms with Crippen LogP contribution in [0.1, 0.15) is 27.0 Å². The Labute approximate surface area is 175 Å². The van der Waals surface area contributed by atoms with E-state index in [4.69, 9.17) is 4.52 Å². The van der Waals surface area contributed by atoms with Crippen molar-refractivity contribution < 1.29 is 22.5 Å². The molecule has 0 saturated heterocycles. The maximum absolute atomic E-state index is 14.1. The Morgan fingerprint density at radius 1 is 1.06 bits per heavy atom. The second-order valence-electron chi connectivity index (χ2n) is 7.43. The fourth-order valence-corrected chi connectivity index (χ4v) is 4.22. The highest BCUT2D eigenvalue weighted by molar-refractivity contribution is 5.83. The first-order valence-electron chi connectivity index (χ1n) is 9.65. The minimum absolute atomic E-state index is 0.167. The lowest BCUT2D eigenvalue weighted by Gasteiger charge is -2.18. The van der Waals surface area contributed by atoms with E-state index in [0.717, 1.165) is 23.1 Å². The molecular formula is C23H16F3N3O2. The molecule has 5 rings (SSSR count). The lowest BCUT2D eigenvalue weighted by Crippen LogP contribution is -2.09. The largest absolute Gasteiger partial charge is 0.422 e. The third kappa shape index (κ3) is 3.06. The number of rotatable bonds is 3. The minimum atomic E-state index is -4.67. The number of carbonyl (C=O) groups excluding carboxylic acids is 1. The number of aromatic nitrogens is 3. The van der Waals surface area contributed by atoms with E-state index < -0.39 is 11.7 Å². The van der Waals surface area contributed by atoms with Crippen LogP contribution in [-0.2, 0) is 26.1 Å². The number of aryl methyl sites for hydroxylation is 2. The van der Waals surface area contributed by atoms with Crippen LogP contribution in [0.25, 0.3) is 34.0 Å². The molecule has 5 nitrogen and oxygen atoms in total. The predicted octanol–water partition coefficient (Wildman–Crippen LogP) is 5.34. The first kappa shape index (κ1) is 19.3. The van der Waals surface area contributed by atoms with Gasteiger partial charge in [0, 0.05) is 29.3 Å². The molecule has 0 saturated carbocycles. The van der Waals surface area contributed by atoms with Gasteiger partial charge in [-0.1, -0.05) is 47.6 Å².